The number of amides is 6. The number of hydrogen-bond donors (Lipinski definition) is 12. The first-order chi connectivity index (χ1) is 28.7. The van der Waals surface area contributed by atoms with Gasteiger partial charge in [0.15, 0.2) is 0 Å². The summed E-state index contributed by atoms with van der Waals surface area (Å²) < 4.78 is 0. The van der Waals surface area contributed by atoms with Crippen molar-refractivity contribution in [2.24, 2.45) is 5.73 Å². The Balaban J connectivity index is 1.71. The van der Waals surface area contributed by atoms with Crippen LogP contribution in [0.4, 0.5) is 0 Å². The zero-order valence-corrected chi connectivity index (χ0v) is 35.2. The lowest BCUT2D eigenvalue weighted by Crippen LogP contribution is -2.62. The maximum atomic E-state index is 14.3. The molecule has 1 fully saturated rings. The van der Waals surface area contributed by atoms with E-state index in [-0.39, 0.29) is 42.9 Å². The largest absolute Gasteiger partial charge is 0.508 e. The average molecular weight is 873 g/mol. The number of phenolic OH excluding ortho intramolecular Hbond substituents is 1. The number of aromatic hydroxyl groups is 1. The first-order valence-corrected chi connectivity index (χ1v) is 22.2. The number of nitrogens with one attached hydrogen (secondary N) is 7. The Bertz CT molecular complexity index is 1880. The molecule has 0 unspecified atom stereocenters. The zero-order chi connectivity index (χ0) is 43.8. The van der Waals surface area contributed by atoms with Crippen LogP contribution in [0.2, 0.25) is 0 Å². The predicted octanol–water partition coefficient (Wildman–Crippen LogP) is -0.764. The molecule has 4 rings (SSSR count). The number of aromatic amines is 1. The number of H-pyrrole nitrogens is 1. The van der Waals surface area contributed by atoms with Crippen molar-refractivity contribution >= 4 is 67.9 Å². The third-order valence-corrected chi connectivity index (χ3v) is 12.2. The first-order valence-electron chi connectivity index (χ1n) is 19.8. The Kier molecular flexibility index (Phi) is 19.0. The second-order valence-electron chi connectivity index (χ2n) is 14.7. The number of unbranched alkanes of at least 4 members (excludes halogenated alkanes) is 1. The molecule has 328 valence electrons. The average Bonchev–Trinajstić information content (AvgIpc) is 3.63. The molecule has 2 heterocycles. The van der Waals surface area contributed by atoms with E-state index in [4.69, 9.17) is 5.73 Å². The number of para-hydroxylation sites is 1. The van der Waals surface area contributed by atoms with Crippen molar-refractivity contribution in [1.82, 2.24) is 36.9 Å². The van der Waals surface area contributed by atoms with Crippen LogP contribution in [0.25, 0.3) is 10.9 Å². The van der Waals surface area contributed by atoms with Crippen molar-refractivity contribution in [3.8, 4) is 5.75 Å². The van der Waals surface area contributed by atoms with Crippen molar-refractivity contribution in [2.75, 3.05) is 24.7 Å². The molecule has 1 aromatic heterocycles. The van der Waals surface area contributed by atoms with Crippen LogP contribution in [0.15, 0.2) is 54.6 Å². The van der Waals surface area contributed by atoms with E-state index in [2.05, 4.69) is 36.9 Å². The molecule has 1 aliphatic heterocycles. The second-order valence-corrected chi connectivity index (χ2v) is 17.3. The van der Waals surface area contributed by atoms with E-state index in [0.29, 0.717) is 30.6 Å². The molecular formula is C40H56N8O10S2. The van der Waals surface area contributed by atoms with Gasteiger partial charge in [-0.25, -0.2) is 0 Å². The monoisotopic (exact) mass is 872 g/mol. The highest BCUT2D eigenvalue weighted by atomic mass is 33.1. The summed E-state index contributed by atoms with van der Waals surface area (Å²) in [5.41, 5.74) is 7.72. The van der Waals surface area contributed by atoms with Crippen LogP contribution in [0.1, 0.15) is 50.8 Å². The number of benzene rings is 2. The number of phenols is 1. The van der Waals surface area contributed by atoms with Gasteiger partial charge in [0.2, 0.25) is 35.4 Å². The Hall–Kier alpha value is -4.86. The summed E-state index contributed by atoms with van der Waals surface area (Å²) in [4.78, 5) is 86.1. The van der Waals surface area contributed by atoms with Gasteiger partial charge in [-0.2, -0.15) is 0 Å². The van der Waals surface area contributed by atoms with Gasteiger partial charge in [-0.15, -0.1) is 0 Å². The lowest BCUT2D eigenvalue weighted by Gasteiger charge is -2.29. The van der Waals surface area contributed by atoms with Crippen LogP contribution in [0.3, 0.4) is 0 Å². The molecule has 0 spiro atoms. The lowest BCUT2D eigenvalue weighted by atomic mass is 10.0. The van der Waals surface area contributed by atoms with Gasteiger partial charge >= 0.3 is 0 Å². The molecule has 0 aliphatic carbocycles. The fraction of sp³-hybridized carbons (Fsp3) is 0.500. The van der Waals surface area contributed by atoms with Crippen molar-refractivity contribution in [2.45, 2.75) is 101 Å². The number of fused-ring (bicyclic) bond motifs is 1. The Morgan fingerprint density at radius 3 is 2.15 bits per heavy atom. The Morgan fingerprint density at radius 2 is 1.50 bits per heavy atom. The normalized spacial score (nSPS) is 23.2. The molecule has 0 saturated carbocycles. The number of aliphatic hydroxyl groups excluding tert-OH is 3. The molecule has 20 heteroatoms. The zero-order valence-electron chi connectivity index (χ0n) is 33.5. The molecule has 13 N–H and O–H groups in total. The Morgan fingerprint density at radius 1 is 0.833 bits per heavy atom. The minimum absolute atomic E-state index is 0.00308. The van der Waals surface area contributed by atoms with Gasteiger partial charge in [-0.1, -0.05) is 51.9 Å². The summed E-state index contributed by atoms with van der Waals surface area (Å²) in [6, 6.07) is 7.69. The summed E-state index contributed by atoms with van der Waals surface area (Å²) in [6.45, 7) is 2.33. The quantitative estimate of drug-likeness (QED) is 0.0744. The molecule has 1 aliphatic rings. The molecule has 3 aromatic rings. The number of aromatic nitrogens is 1. The molecule has 8 atom stereocenters. The SMILES string of the molecule is C[C@@H](O)[C@@H]1NC(=O)[C@H](CCCCN)NC(=O)[C@@H](Cc2cc3ccccc3[nH]2)NC(=O)[C@H](Cc2ccc(O)cc2)NC(=O)CCSSC[C@@H](C(=O)N[C@H](CO)[C@@H](C)O)NC1=O. The third-order valence-electron chi connectivity index (χ3n) is 9.78. The summed E-state index contributed by atoms with van der Waals surface area (Å²) in [6.07, 6.45) is -1.78. The topological polar surface area (TPSA) is 297 Å². The summed E-state index contributed by atoms with van der Waals surface area (Å²) in [7, 11) is 2.34. The highest BCUT2D eigenvalue weighted by molar-refractivity contribution is 8.76. The van der Waals surface area contributed by atoms with Gasteiger partial charge in [0.1, 0.15) is 36.0 Å². The van der Waals surface area contributed by atoms with E-state index in [9.17, 15) is 49.2 Å². The van der Waals surface area contributed by atoms with Gasteiger partial charge in [0, 0.05) is 42.0 Å². The van der Waals surface area contributed by atoms with Crippen LogP contribution in [0.5, 0.6) is 5.75 Å². The molecular weight excluding hydrogens is 817 g/mol. The molecule has 6 amide bonds. The highest BCUT2D eigenvalue weighted by Gasteiger charge is 2.35. The van der Waals surface area contributed by atoms with Crippen molar-refractivity contribution < 1.29 is 49.2 Å². The standard InChI is InChI=1S/C40H56N8O10S2/c1-22(50)32(20-49)46-39(57)33-21-60-59-16-14-34(53)43-30(17-24-10-12-27(52)13-11-24)37(55)45-31(19-26-18-25-7-3-4-8-28(25)42-26)38(56)44-29(9-5-6-15-41)36(54)48-35(23(2)51)40(58)47-33/h3-4,7-8,10-13,18,22-23,29-33,35,42,49-52H,5-6,9,14-17,19-21,41H2,1-2H3,(H,43,53)(H,44,56)(H,45,55)(H,46,57)(H,47,58)(H,48,54)/t22-,23-,29+,30+,31-,32-,33+,35+/m1/s1. The van der Waals surface area contributed by atoms with Crippen molar-refractivity contribution in [1.29, 1.82) is 0 Å². The fourth-order valence-corrected chi connectivity index (χ4v) is 8.49. The van der Waals surface area contributed by atoms with Gasteiger partial charge in [0.05, 0.1) is 24.9 Å². The smallest absolute Gasteiger partial charge is 0.245 e. The van der Waals surface area contributed by atoms with Crippen LogP contribution in [-0.4, -0.2) is 134 Å². The van der Waals surface area contributed by atoms with Crippen molar-refractivity contribution in [3.63, 3.8) is 0 Å². The van der Waals surface area contributed by atoms with Crippen molar-refractivity contribution in [3.05, 3.63) is 65.9 Å². The van der Waals surface area contributed by atoms with Gasteiger partial charge in [0.25, 0.3) is 0 Å². The molecule has 0 bridgehead atoms. The summed E-state index contributed by atoms with van der Waals surface area (Å²) >= 11 is 0. The number of nitrogens with two attached hydrogens (primary N) is 1. The van der Waals surface area contributed by atoms with E-state index in [1.807, 2.05) is 30.3 Å². The summed E-state index contributed by atoms with van der Waals surface area (Å²) in [5, 5.41) is 57.0. The van der Waals surface area contributed by atoms with Crippen LogP contribution in [0, 0.1) is 0 Å². The third kappa shape index (κ3) is 14.7. The first kappa shape index (κ1) is 47.8. The second kappa shape index (κ2) is 23.8. The number of aliphatic hydroxyl groups is 3. The van der Waals surface area contributed by atoms with Crippen LogP contribution >= 0.6 is 21.6 Å². The maximum absolute atomic E-state index is 14.3. The Labute approximate surface area is 355 Å². The van der Waals surface area contributed by atoms with E-state index < -0.39 is 90.5 Å². The minimum Gasteiger partial charge on any atom is -0.508 e. The van der Waals surface area contributed by atoms with Crippen LogP contribution < -0.4 is 37.6 Å². The number of hydrogen-bond acceptors (Lipinski definition) is 13. The van der Waals surface area contributed by atoms with E-state index in [1.54, 1.807) is 12.1 Å². The molecule has 2 aromatic carbocycles. The molecule has 0 radical (unpaired) electrons. The number of carbonyl (C=O) groups excluding carboxylic acids is 6. The lowest BCUT2D eigenvalue weighted by molar-refractivity contribution is -0.136. The summed E-state index contributed by atoms with van der Waals surface area (Å²) in [5.74, 6) is -4.29. The van der Waals surface area contributed by atoms with Gasteiger partial charge < -0.3 is 63.0 Å². The van der Waals surface area contributed by atoms with E-state index >= 15 is 0 Å². The molecule has 1 saturated heterocycles. The van der Waals surface area contributed by atoms with Crippen LogP contribution in [-0.2, 0) is 41.6 Å². The van der Waals surface area contributed by atoms with Gasteiger partial charge in [-0.3, -0.25) is 28.8 Å². The van der Waals surface area contributed by atoms with Gasteiger partial charge in [-0.05, 0) is 74.9 Å². The predicted molar refractivity (Wildman–Crippen MR) is 228 cm³/mol. The van der Waals surface area contributed by atoms with E-state index in [1.165, 1.54) is 36.8 Å². The number of carbonyl (C=O) groups is 6. The number of rotatable bonds is 13. The molecule has 18 nitrogen and oxygen atoms in total. The minimum atomic E-state index is -1.60. The fourth-order valence-electron chi connectivity index (χ4n) is 6.34. The molecule has 60 heavy (non-hydrogen) atoms. The van der Waals surface area contributed by atoms with E-state index in [0.717, 1.165) is 21.7 Å². The highest BCUT2D eigenvalue weighted by Crippen LogP contribution is 2.24. The maximum Gasteiger partial charge on any atom is 0.245 e.